The molecule has 5 nitrogen and oxygen atoms in total. The summed E-state index contributed by atoms with van der Waals surface area (Å²) in [7, 11) is 1.70. The highest BCUT2D eigenvalue weighted by atomic mass is 16.5. The van der Waals surface area contributed by atoms with Crippen molar-refractivity contribution in [3.63, 3.8) is 0 Å². The van der Waals surface area contributed by atoms with Crippen LogP contribution in [0, 0.1) is 6.92 Å². The molecule has 0 bridgehead atoms. The number of benzene rings is 1. The minimum atomic E-state index is 0.455. The highest BCUT2D eigenvalue weighted by Crippen LogP contribution is 2.18. The average molecular weight is 298 g/mol. The van der Waals surface area contributed by atoms with E-state index in [1.54, 1.807) is 7.11 Å². The fourth-order valence-electron chi connectivity index (χ4n) is 2.83. The van der Waals surface area contributed by atoms with E-state index in [2.05, 4.69) is 33.6 Å². The molecule has 0 radical (unpaired) electrons. The van der Waals surface area contributed by atoms with E-state index in [9.17, 15) is 0 Å². The van der Waals surface area contributed by atoms with E-state index in [0.29, 0.717) is 6.04 Å². The Morgan fingerprint density at radius 1 is 1.41 bits per heavy atom. The van der Waals surface area contributed by atoms with Crippen LogP contribution in [0.5, 0.6) is 5.75 Å². The van der Waals surface area contributed by atoms with Crippen molar-refractivity contribution in [1.29, 1.82) is 0 Å². The van der Waals surface area contributed by atoms with Gasteiger partial charge in [-0.3, -0.25) is 0 Å². The molecule has 2 heterocycles. The predicted octanol–water partition coefficient (Wildman–Crippen LogP) is 2.21. The monoisotopic (exact) mass is 298 g/mol. The fourth-order valence-corrected chi connectivity index (χ4v) is 2.83. The second-order valence-electron chi connectivity index (χ2n) is 5.55. The number of hydrogen-bond acceptors (Lipinski definition) is 4. The summed E-state index contributed by atoms with van der Waals surface area (Å²) in [5.74, 6) is 2.88. The topological polar surface area (TPSA) is 52.0 Å². The number of nitrogens with one attached hydrogen (secondary N) is 1. The standard InChI is InChI=1S/C17H22N4O/c1-13-19-17-10-9-15(12-21(17)20-13)18-11-5-7-14-6-3-4-8-16(14)22-2/h3-8,15,18H,9-12H2,1-2H3/b7-5+/t15-/m0/s1. The van der Waals surface area contributed by atoms with Gasteiger partial charge < -0.3 is 10.1 Å². The predicted molar refractivity (Wildman–Crippen MR) is 86.9 cm³/mol. The summed E-state index contributed by atoms with van der Waals surface area (Å²) in [5, 5.41) is 7.99. The van der Waals surface area contributed by atoms with E-state index in [1.165, 1.54) is 0 Å². The van der Waals surface area contributed by atoms with Crippen molar-refractivity contribution in [3.05, 3.63) is 47.6 Å². The van der Waals surface area contributed by atoms with Gasteiger partial charge in [0.1, 0.15) is 17.4 Å². The second kappa shape index (κ2) is 6.75. The zero-order chi connectivity index (χ0) is 15.4. The largest absolute Gasteiger partial charge is 0.496 e. The lowest BCUT2D eigenvalue weighted by atomic mass is 10.1. The summed E-state index contributed by atoms with van der Waals surface area (Å²) >= 11 is 0. The van der Waals surface area contributed by atoms with Crippen LogP contribution < -0.4 is 10.1 Å². The summed E-state index contributed by atoms with van der Waals surface area (Å²) in [6.07, 6.45) is 6.34. The van der Waals surface area contributed by atoms with Gasteiger partial charge in [-0.05, 0) is 19.4 Å². The Morgan fingerprint density at radius 2 is 2.27 bits per heavy atom. The van der Waals surface area contributed by atoms with Gasteiger partial charge in [-0.1, -0.05) is 30.4 Å². The first-order valence-electron chi connectivity index (χ1n) is 7.69. The molecule has 1 aromatic carbocycles. The lowest BCUT2D eigenvalue weighted by molar-refractivity contribution is 0.369. The molecule has 1 aliphatic heterocycles. The molecule has 0 aliphatic carbocycles. The van der Waals surface area contributed by atoms with Crippen molar-refractivity contribution in [1.82, 2.24) is 20.1 Å². The smallest absolute Gasteiger partial charge is 0.147 e. The van der Waals surface area contributed by atoms with E-state index in [1.807, 2.05) is 29.8 Å². The first-order chi connectivity index (χ1) is 10.8. The van der Waals surface area contributed by atoms with Gasteiger partial charge in [0.25, 0.3) is 0 Å². The number of nitrogens with zero attached hydrogens (tertiary/aromatic N) is 3. The highest BCUT2D eigenvalue weighted by Gasteiger charge is 2.19. The lowest BCUT2D eigenvalue weighted by Gasteiger charge is -2.23. The first-order valence-corrected chi connectivity index (χ1v) is 7.69. The van der Waals surface area contributed by atoms with Crippen molar-refractivity contribution < 1.29 is 4.74 Å². The van der Waals surface area contributed by atoms with Crippen LogP contribution >= 0.6 is 0 Å². The zero-order valence-corrected chi connectivity index (χ0v) is 13.1. The molecular formula is C17H22N4O. The molecule has 0 unspecified atom stereocenters. The molecule has 1 N–H and O–H groups in total. The van der Waals surface area contributed by atoms with Crippen molar-refractivity contribution in [2.24, 2.45) is 0 Å². The van der Waals surface area contributed by atoms with Gasteiger partial charge in [0.05, 0.1) is 13.7 Å². The van der Waals surface area contributed by atoms with Gasteiger partial charge in [-0.15, -0.1) is 0 Å². The minimum absolute atomic E-state index is 0.455. The van der Waals surface area contributed by atoms with Crippen molar-refractivity contribution in [2.45, 2.75) is 32.4 Å². The summed E-state index contributed by atoms with van der Waals surface area (Å²) in [5.41, 5.74) is 1.10. The van der Waals surface area contributed by atoms with Crippen LogP contribution in [0.3, 0.4) is 0 Å². The summed E-state index contributed by atoms with van der Waals surface area (Å²) in [6.45, 7) is 3.69. The molecule has 5 heteroatoms. The fraction of sp³-hybridized carbons (Fsp3) is 0.412. The number of methoxy groups -OCH3 is 1. The SMILES string of the molecule is COc1ccccc1/C=C/CN[C@H]1CCc2nc(C)nn2C1. The minimum Gasteiger partial charge on any atom is -0.496 e. The third kappa shape index (κ3) is 3.36. The summed E-state index contributed by atoms with van der Waals surface area (Å²) < 4.78 is 7.37. The first kappa shape index (κ1) is 14.8. The maximum atomic E-state index is 5.34. The van der Waals surface area contributed by atoms with Gasteiger partial charge in [-0.25, -0.2) is 9.67 Å². The van der Waals surface area contributed by atoms with Crippen LogP contribution in [0.1, 0.15) is 23.6 Å². The molecule has 1 atom stereocenters. The molecule has 3 rings (SSSR count). The third-order valence-corrected chi connectivity index (χ3v) is 3.92. The van der Waals surface area contributed by atoms with E-state index >= 15 is 0 Å². The van der Waals surface area contributed by atoms with Crippen LogP contribution in [0.15, 0.2) is 30.3 Å². The maximum absolute atomic E-state index is 5.34. The van der Waals surface area contributed by atoms with Gasteiger partial charge in [0, 0.05) is 24.6 Å². The zero-order valence-electron chi connectivity index (χ0n) is 13.1. The van der Waals surface area contributed by atoms with E-state index in [0.717, 1.165) is 48.9 Å². The number of rotatable bonds is 5. The van der Waals surface area contributed by atoms with E-state index < -0.39 is 0 Å². The second-order valence-corrected chi connectivity index (χ2v) is 5.55. The lowest BCUT2D eigenvalue weighted by Crippen LogP contribution is -2.37. The highest BCUT2D eigenvalue weighted by molar-refractivity contribution is 5.57. The van der Waals surface area contributed by atoms with E-state index in [-0.39, 0.29) is 0 Å². The molecule has 0 saturated heterocycles. The molecule has 1 aliphatic rings. The summed E-state index contributed by atoms with van der Waals surface area (Å²) in [6, 6.07) is 8.49. The van der Waals surface area contributed by atoms with Crippen LogP contribution in [0.25, 0.3) is 6.08 Å². The molecule has 0 spiro atoms. The molecule has 2 aromatic rings. The Morgan fingerprint density at radius 3 is 3.14 bits per heavy atom. The van der Waals surface area contributed by atoms with Crippen LogP contribution in [0.2, 0.25) is 0 Å². The van der Waals surface area contributed by atoms with Crippen LogP contribution in [0.4, 0.5) is 0 Å². The molecule has 22 heavy (non-hydrogen) atoms. The Balaban J connectivity index is 1.52. The number of aryl methyl sites for hydroxylation is 2. The summed E-state index contributed by atoms with van der Waals surface area (Å²) in [4.78, 5) is 4.44. The Labute approximate surface area is 131 Å². The quantitative estimate of drug-likeness (QED) is 0.919. The average Bonchev–Trinajstić information content (AvgIpc) is 2.91. The third-order valence-electron chi connectivity index (χ3n) is 3.92. The number of hydrogen-bond donors (Lipinski definition) is 1. The molecule has 116 valence electrons. The van der Waals surface area contributed by atoms with Crippen LogP contribution in [-0.2, 0) is 13.0 Å². The Bertz CT molecular complexity index is 662. The number of ether oxygens (including phenoxy) is 1. The van der Waals surface area contributed by atoms with Crippen molar-refractivity contribution in [2.75, 3.05) is 13.7 Å². The van der Waals surface area contributed by atoms with Gasteiger partial charge in [0.15, 0.2) is 0 Å². The normalized spacial score (nSPS) is 17.6. The van der Waals surface area contributed by atoms with Gasteiger partial charge in [-0.2, -0.15) is 5.10 Å². The molecule has 0 amide bonds. The molecule has 0 fully saturated rings. The van der Waals surface area contributed by atoms with Gasteiger partial charge >= 0.3 is 0 Å². The Hall–Kier alpha value is -2.14. The molecule has 0 saturated carbocycles. The number of aromatic nitrogens is 3. The van der Waals surface area contributed by atoms with E-state index in [4.69, 9.17) is 4.74 Å². The van der Waals surface area contributed by atoms with Crippen molar-refractivity contribution >= 4 is 6.08 Å². The number of fused-ring (bicyclic) bond motifs is 1. The molecular weight excluding hydrogens is 276 g/mol. The Kier molecular flexibility index (Phi) is 4.53. The van der Waals surface area contributed by atoms with Gasteiger partial charge in [0.2, 0.25) is 0 Å². The maximum Gasteiger partial charge on any atom is 0.147 e. The van der Waals surface area contributed by atoms with Crippen molar-refractivity contribution in [3.8, 4) is 5.75 Å². The number of para-hydroxylation sites is 1. The van der Waals surface area contributed by atoms with Crippen LogP contribution in [-0.4, -0.2) is 34.5 Å². The molecule has 1 aromatic heterocycles.